The van der Waals surface area contributed by atoms with E-state index >= 15 is 0 Å². The van der Waals surface area contributed by atoms with E-state index in [1.54, 1.807) is 0 Å². The van der Waals surface area contributed by atoms with Crippen LogP contribution in [-0.4, -0.2) is 22.5 Å². The van der Waals surface area contributed by atoms with Gasteiger partial charge >= 0.3 is 6.18 Å². The third kappa shape index (κ3) is 2.71. The molecule has 1 aliphatic rings. The number of aliphatic hydroxyl groups excluding tert-OH is 1. The quantitative estimate of drug-likeness (QED) is 0.602. The number of alkyl halides is 3. The highest BCUT2D eigenvalue weighted by atomic mass is 32.2. The van der Waals surface area contributed by atoms with E-state index in [0.29, 0.717) is 5.75 Å². The van der Waals surface area contributed by atoms with Crippen LogP contribution in [0.15, 0.2) is 12.2 Å². The van der Waals surface area contributed by atoms with E-state index < -0.39 is 17.5 Å². The Morgan fingerprint density at radius 2 is 2.08 bits per heavy atom. The monoisotopic (exact) mass is 198 g/mol. The van der Waals surface area contributed by atoms with Gasteiger partial charge in [0.15, 0.2) is 0 Å². The number of hydrogen-bond acceptors (Lipinski definition) is 2. The second kappa shape index (κ2) is 3.70. The molecule has 12 heavy (non-hydrogen) atoms. The van der Waals surface area contributed by atoms with Gasteiger partial charge in [0.1, 0.15) is 5.44 Å². The van der Waals surface area contributed by atoms with Crippen molar-refractivity contribution in [2.45, 2.75) is 18.0 Å². The van der Waals surface area contributed by atoms with Crippen LogP contribution in [0.2, 0.25) is 0 Å². The van der Waals surface area contributed by atoms with Crippen molar-refractivity contribution in [3.63, 3.8) is 0 Å². The molecule has 0 radical (unpaired) electrons. The fourth-order valence-electron chi connectivity index (χ4n) is 0.993. The van der Waals surface area contributed by atoms with Gasteiger partial charge in [0.25, 0.3) is 0 Å². The maximum atomic E-state index is 12.1. The molecule has 2 atom stereocenters. The van der Waals surface area contributed by atoms with Crippen molar-refractivity contribution in [2.75, 3.05) is 5.75 Å². The molecule has 5 heteroatoms. The van der Waals surface area contributed by atoms with Crippen molar-refractivity contribution in [3.8, 4) is 0 Å². The van der Waals surface area contributed by atoms with Gasteiger partial charge in [-0.2, -0.15) is 13.2 Å². The summed E-state index contributed by atoms with van der Waals surface area (Å²) >= 11 is 1.13. The Morgan fingerprint density at radius 1 is 1.42 bits per heavy atom. The molecule has 0 aromatic rings. The van der Waals surface area contributed by atoms with Crippen molar-refractivity contribution >= 4 is 11.8 Å². The zero-order valence-electron chi connectivity index (χ0n) is 6.21. The second-order valence-electron chi connectivity index (χ2n) is 2.60. The summed E-state index contributed by atoms with van der Waals surface area (Å²) in [4.78, 5) is 0. The molecular weight excluding hydrogens is 189 g/mol. The fraction of sp³-hybridized carbons (Fsp3) is 0.714. The molecule has 0 aromatic carbocycles. The molecule has 1 aliphatic heterocycles. The van der Waals surface area contributed by atoms with Crippen molar-refractivity contribution in [2.24, 2.45) is 5.92 Å². The summed E-state index contributed by atoms with van der Waals surface area (Å²) in [6.07, 6.45) is -1.87. The lowest BCUT2D eigenvalue weighted by Crippen LogP contribution is -2.23. The third-order valence-corrected chi connectivity index (χ3v) is 2.59. The van der Waals surface area contributed by atoms with Crippen molar-refractivity contribution < 1.29 is 18.3 Å². The van der Waals surface area contributed by atoms with Crippen molar-refractivity contribution in [1.82, 2.24) is 0 Å². The number of aliphatic hydroxyl groups is 1. The van der Waals surface area contributed by atoms with Crippen LogP contribution in [0.5, 0.6) is 0 Å². The molecule has 1 heterocycles. The summed E-state index contributed by atoms with van der Waals surface area (Å²) in [6, 6.07) is 0. The molecule has 2 unspecified atom stereocenters. The molecule has 0 amide bonds. The second-order valence-corrected chi connectivity index (χ2v) is 3.81. The lowest BCUT2D eigenvalue weighted by Gasteiger charge is -2.17. The van der Waals surface area contributed by atoms with Gasteiger partial charge in [-0.3, -0.25) is 0 Å². The molecule has 1 rings (SSSR count). The summed E-state index contributed by atoms with van der Waals surface area (Å²) in [7, 11) is 0. The average molecular weight is 198 g/mol. The van der Waals surface area contributed by atoms with E-state index in [0.717, 1.165) is 17.8 Å². The van der Waals surface area contributed by atoms with Crippen LogP contribution in [0.1, 0.15) is 6.42 Å². The fourth-order valence-corrected chi connectivity index (χ4v) is 1.78. The first-order valence-electron chi connectivity index (χ1n) is 3.53. The molecule has 0 saturated heterocycles. The minimum absolute atomic E-state index is 0.231. The molecule has 0 saturated carbocycles. The van der Waals surface area contributed by atoms with Crippen LogP contribution < -0.4 is 0 Å². The number of rotatable bonds is 0. The van der Waals surface area contributed by atoms with Gasteiger partial charge in [0.05, 0.1) is 5.92 Å². The van der Waals surface area contributed by atoms with Crippen LogP contribution in [0.4, 0.5) is 13.2 Å². The summed E-state index contributed by atoms with van der Waals surface area (Å²) < 4.78 is 36.4. The third-order valence-electron chi connectivity index (χ3n) is 1.63. The highest BCUT2D eigenvalue weighted by Crippen LogP contribution is 2.34. The number of hydrogen-bond donors (Lipinski definition) is 1. The Kier molecular flexibility index (Phi) is 3.06. The van der Waals surface area contributed by atoms with Crippen molar-refractivity contribution in [1.29, 1.82) is 0 Å². The zero-order chi connectivity index (χ0) is 9.19. The number of allylic oxidation sites excluding steroid dienone is 1. The molecule has 1 N–H and O–H groups in total. The van der Waals surface area contributed by atoms with Crippen LogP contribution in [0.3, 0.4) is 0 Å². The topological polar surface area (TPSA) is 20.2 Å². The minimum Gasteiger partial charge on any atom is -0.382 e. The van der Waals surface area contributed by atoms with Gasteiger partial charge in [-0.05, 0) is 6.42 Å². The average Bonchev–Trinajstić information content (AvgIpc) is 2.11. The van der Waals surface area contributed by atoms with Gasteiger partial charge < -0.3 is 5.11 Å². The molecule has 0 aromatic heterocycles. The predicted octanol–water partition coefficient (Wildman–Crippen LogP) is 2.18. The highest BCUT2D eigenvalue weighted by molar-refractivity contribution is 7.99. The minimum atomic E-state index is -4.22. The molecule has 0 bridgehead atoms. The number of halogens is 3. The lowest BCUT2D eigenvalue weighted by atomic mass is 10.1. The molecule has 0 fully saturated rings. The Hall–Kier alpha value is -0.160. The first-order valence-corrected chi connectivity index (χ1v) is 4.58. The van der Waals surface area contributed by atoms with Gasteiger partial charge in [-0.25, -0.2) is 0 Å². The van der Waals surface area contributed by atoms with E-state index in [-0.39, 0.29) is 6.42 Å². The molecule has 70 valence electrons. The van der Waals surface area contributed by atoms with E-state index in [9.17, 15) is 13.2 Å². The Bertz CT molecular complexity index is 178. The van der Waals surface area contributed by atoms with Crippen LogP contribution in [-0.2, 0) is 0 Å². The summed E-state index contributed by atoms with van der Waals surface area (Å²) in [6.45, 7) is 0. The Morgan fingerprint density at radius 3 is 2.67 bits per heavy atom. The van der Waals surface area contributed by atoms with E-state index in [2.05, 4.69) is 0 Å². The molecular formula is C7H9F3OS. The van der Waals surface area contributed by atoms with Crippen molar-refractivity contribution in [3.05, 3.63) is 12.2 Å². The van der Waals surface area contributed by atoms with Gasteiger partial charge in [0.2, 0.25) is 0 Å². The SMILES string of the molecule is OC1CC(C(F)(F)F)C=CCS1. The van der Waals surface area contributed by atoms with Gasteiger partial charge in [-0.15, -0.1) is 11.8 Å². The van der Waals surface area contributed by atoms with E-state index in [1.165, 1.54) is 6.08 Å². The zero-order valence-corrected chi connectivity index (χ0v) is 7.03. The highest BCUT2D eigenvalue weighted by Gasteiger charge is 2.39. The van der Waals surface area contributed by atoms with E-state index in [1.807, 2.05) is 0 Å². The standard InChI is InChI=1S/C7H9F3OS/c8-7(9,10)5-2-1-3-12-6(11)4-5/h1-2,5-6,11H,3-4H2. The first-order chi connectivity index (χ1) is 5.50. The summed E-state index contributed by atoms with van der Waals surface area (Å²) in [5.74, 6) is -1.03. The largest absolute Gasteiger partial charge is 0.395 e. The molecule has 0 aliphatic carbocycles. The molecule has 1 nitrogen and oxygen atoms in total. The van der Waals surface area contributed by atoms with Gasteiger partial charge in [0, 0.05) is 5.75 Å². The van der Waals surface area contributed by atoms with Gasteiger partial charge in [-0.1, -0.05) is 12.2 Å². The Balaban J connectivity index is 2.63. The predicted molar refractivity (Wildman–Crippen MR) is 41.8 cm³/mol. The maximum Gasteiger partial charge on any atom is 0.395 e. The smallest absolute Gasteiger partial charge is 0.382 e. The van der Waals surface area contributed by atoms with Crippen LogP contribution in [0.25, 0.3) is 0 Å². The first kappa shape index (κ1) is 9.92. The number of thioether (sulfide) groups is 1. The summed E-state index contributed by atoms with van der Waals surface area (Å²) in [5.41, 5.74) is -0.897. The van der Waals surface area contributed by atoms with E-state index in [4.69, 9.17) is 5.11 Å². The normalized spacial score (nSPS) is 31.7. The lowest BCUT2D eigenvalue weighted by molar-refractivity contribution is -0.165. The molecule has 0 spiro atoms. The van der Waals surface area contributed by atoms with Crippen LogP contribution >= 0.6 is 11.8 Å². The Labute approximate surface area is 72.6 Å². The van der Waals surface area contributed by atoms with Crippen LogP contribution in [0, 0.1) is 5.92 Å². The maximum absolute atomic E-state index is 12.1. The summed E-state index contributed by atoms with van der Waals surface area (Å²) in [5, 5.41) is 9.05.